The lowest BCUT2D eigenvalue weighted by Crippen LogP contribution is -2.56. The van der Waals surface area contributed by atoms with Gasteiger partial charge in [-0.05, 0) is 43.6 Å². The van der Waals surface area contributed by atoms with E-state index in [0.717, 1.165) is 5.57 Å². The normalized spacial score (nSPS) is 23.7. The average Bonchev–Trinajstić information content (AvgIpc) is 3.18. The van der Waals surface area contributed by atoms with Crippen LogP contribution in [0.4, 0.5) is 4.79 Å². The summed E-state index contributed by atoms with van der Waals surface area (Å²) in [7, 11) is 0. The molecule has 6 nitrogen and oxygen atoms in total. The fourth-order valence-electron chi connectivity index (χ4n) is 4.03. The van der Waals surface area contributed by atoms with Crippen molar-refractivity contribution in [2.75, 3.05) is 19.6 Å². The molecule has 3 rings (SSSR count). The first-order valence-corrected chi connectivity index (χ1v) is 10.4. The Labute approximate surface area is 168 Å². The highest BCUT2D eigenvalue weighted by atomic mass is 35.5. The third-order valence-electron chi connectivity index (χ3n) is 5.48. The molecule has 2 aliphatic heterocycles. The van der Waals surface area contributed by atoms with Gasteiger partial charge in [-0.2, -0.15) is 0 Å². The van der Waals surface area contributed by atoms with Crippen molar-refractivity contribution < 1.29 is 14.4 Å². The van der Waals surface area contributed by atoms with Crippen molar-refractivity contribution in [3.05, 3.63) is 33.5 Å². The van der Waals surface area contributed by atoms with Crippen molar-refractivity contribution in [1.82, 2.24) is 15.1 Å². The molecule has 0 radical (unpaired) electrons. The number of likely N-dealkylation sites (tertiary alicyclic amines) is 1. The van der Waals surface area contributed by atoms with Gasteiger partial charge in [-0.15, -0.1) is 11.3 Å². The maximum atomic E-state index is 13.1. The van der Waals surface area contributed by atoms with Gasteiger partial charge in [0.05, 0.1) is 11.6 Å². The largest absolute Gasteiger partial charge is 0.338 e. The molecule has 1 aromatic heterocycles. The minimum atomic E-state index is -0.887. The maximum Gasteiger partial charge on any atom is 0.325 e. The van der Waals surface area contributed by atoms with Crippen LogP contribution in [0.2, 0.25) is 5.02 Å². The first-order chi connectivity index (χ1) is 12.8. The van der Waals surface area contributed by atoms with Crippen LogP contribution in [0.25, 0.3) is 0 Å². The summed E-state index contributed by atoms with van der Waals surface area (Å²) in [6, 6.07) is 1.37. The molecule has 0 bridgehead atoms. The molecule has 2 fully saturated rings. The monoisotopic (exact) mass is 409 g/mol. The van der Waals surface area contributed by atoms with Crippen LogP contribution in [0.1, 0.15) is 42.8 Å². The number of rotatable bonds is 5. The number of amides is 4. The molecule has 146 valence electrons. The number of nitrogens with one attached hydrogen (secondary N) is 1. The van der Waals surface area contributed by atoms with Crippen molar-refractivity contribution in [3.63, 3.8) is 0 Å². The average molecular weight is 410 g/mol. The molecule has 0 aromatic carbocycles. The van der Waals surface area contributed by atoms with E-state index in [2.05, 4.69) is 11.9 Å². The number of halogens is 1. The van der Waals surface area contributed by atoms with Crippen molar-refractivity contribution in [3.8, 4) is 0 Å². The Morgan fingerprint density at radius 1 is 1.41 bits per heavy atom. The predicted octanol–water partition coefficient (Wildman–Crippen LogP) is 3.53. The second-order valence-electron chi connectivity index (χ2n) is 7.27. The molecule has 0 spiro atoms. The Morgan fingerprint density at radius 3 is 2.59 bits per heavy atom. The van der Waals surface area contributed by atoms with Crippen LogP contribution in [0.3, 0.4) is 0 Å². The van der Waals surface area contributed by atoms with E-state index in [0.29, 0.717) is 42.3 Å². The van der Waals surface area contributed by atoms with Gasteiger partial charge in [0.25, 0.3) is 11.8 Å². The summed E-state index contributed by atoms with van der Waals surface area (Å²) in [5.74, 6) is -0.245. The second-order valence-corrected chi connectivity index (χ2v) is 8.59. The predicted molar refractivity (Wildman–Crippen MR) is 106 cm³/mol. The number of carbonyl (C=O) groups excluding carboxylic acids is 3. The Hall–Kier alpha value is -1.86. The number of imide groups is 1. The number of hydrogen-bond donors (Lipinski definition) is 1. The summed E-state index contributed by atoms with van der Waals surface area (Å²) in [6.07, 6.45) is 1.85. The van der Waals surface area contributed by atoms with Crippen LogP contribution in [0, 0.1) is 5.92 Å². The summed E-state index contributed by atoms with van der Waals surface area (Å²) in [5, 5.41) is 5.23. The molecule has 1 N–H and O–H groups in total. The van der Waals surface area contributed by atoms with E-state index in [1.54, 1.807) is 23.3 Å². The molecule has 27 heavy (non-hydrogen) atoms. The van der Waals surface area contributed by atoms with Gasteiger partial charge in [0, 0.05) is 13.1 Å². The highest BCUT2D eigenvalue weighted by molar-refractivity contribution is 7.12. The fourth-order valence-corrected chi connectivity index (χ4v) is 5.13. The van der Waals surface area contributed by atoms with E-state index in [1.165, 1.54) is 16.2 Å². The molecule has 8 heteroatoms. The number of thiophene rings is 1. The van der Waals surface area contributed by atoms with E-state index in [4.69, 9.17) is 11.6 Å². The topological polar surface area (TPSA) is 69.7 Å². The molecule has 2 aliphatic rings. The molecular formula is C19H24ClN3O3S. The standard InChI is InChI=1S/C19H24ClN3O3S/c1-4-19(17(25)23(11-12(2)3)18(26)21-19)13-5-8-22(9-6-13)16(24)15-14(20)7-10-27-15/h7,10,13H,2,4-6,8-9,11H2,1,3H3,(H,21,26)/t19-/m1/s1. The van der Waals surface area contributed by atoms with E-state index in [1.807, 2.05) is 6.92 Å². The van der Waals surface area contributed by atoms with Gasteiger partial charge in [0.1, 0.15) is 10.4 Å². The Bertz CT molecular complexity index is 785. The zero-order valence-electron chi connectivity index (χ0n) is 15.6. The summed E-state index contributed by atoms with van der Waals surface area (Å²) in [5.41, 5.74) is -0.124. The minimum absolute atomic E-state index is 0.00284. The summed E-state index contributed by atoms with van der Waals surface area (Å²) in [4.78, 5) is 41.7. The Balaban J connectivity index is 1.71. The molecule has 0 aliphatic carbocycles. The van der Waals surface area contributed by atoms with Gasteiger partial charge in [0.15, 0.2) is 0 Å². The lowest BCUT2D eigenvalue weighted by atomic mass is 9.75. The van der Waals surface area contributed by atoms with E-state index in [9.17, 15) is 14.4 Å². The summed E-state index contributed by atoms with van der Waals surface area (Å²) >= 11 is 7.42. The van der Waals surface area contributed by atoms with Gasteiger partial charge in [-0.1, -0.05) is 30.7 Å². The number of hydrogen-bond acceptors (Lipinski definition) is 4. The Kier molecular flexibility index (Phi) is 5.63. The zero-order valence-corrected chi connectivity index (χ0v) is 17.2. The number of nitrogens with zero attached hydrogens (tertiary/aromatic N) is 2. The number of piperidine rings is 1. The third kappa shape index (κ3) is 3.50. The van der Waals surface area contributed by atoms with E-state index >= 15 is 0 Å². The number of carbonyl (C=O) groups is 3. The summed E-state index contributed by atoms with van der Waals surface area (Å²) in [6.45, 7) is 8.85. The van der Waals surface area contributed by atoms with Gasteiger partial charge in [-0.3, -0.25) is 14.5 Å². The van der Waals surface area contributed by atoms with Gasteiger partial charge in [0.2, 0.25) is 0 Å². The Morgan fingerprint density at radius 2 is 2.07 bits per heavy atom. The third-order valence-corrected chi connectivity index (χ3v) is 6.81. The van der Waals surface area contributed by atoms with Gasteiger partial charge < -0.3 is 10.2 Å². The van der Waals surface area contributed by atoms with Crippen LogP contribution >= 0.6 is 22.9 Å². The number of urea groups is 1. The molecular weight excluding hydrogens is 386 g/mol. The SMILES string of the molecule is C=C(C)CN1C(=O)N[C@](CC)(C2CCN(C(=O)c3sccc3Cl)CC2)C1=O. The molecule has 2 saturated heterocycles. The molecule has 0 saturated carbocycles. The highest BCUT2D eigenvalue weighted by Gasteiger charge is 2.54. The lowest BCUT2D eigenvalue weighted by molar-refractivity contribution is -0.133. The molecule has 1 atom stereocenters. The van der Waals surface area contributed by atoms with Gasteiger partial charge in [-0.25, -0.2) is 4.79 Å². The van der Waals surface area contributed by atoms with Crippen LogP contribution in [-0.2, 0) is 4.79 Å². The van der Waals surface area contributed by atoms with Crippen LogP contribution in [0.15, 0.2) is 23.6 Å². The zero-order chi connectivity index (χ0) is 19.8. The van der Waals surface area contributed by atoms with Crippen LogP contribution < -0.4 is 5.32 Å². The summed E-state index contributed by atoms with van der Waals surface area (Å²) < 4.78 is 0. The van der Waals surface area contributed by atoms with Crippen LogP contribution in [0.5, 0.6) is 0 Å². The molecule has 4 amide bonds. The molecule has 1 aromatic rings. The first-order valence-electron chi connectivity index (χ1n) is 9.11. The van der Waals surface area contributed by atoms with E-state index < -0.39 is 5.54 Å². The maximum absolute atomic E-state index is 13.1. The quantitative estimate of drug-likeness (QED) is 0.597. The van der Waals surface area contributed by atoms with Gasteiger partial charge >= 0.3 is 6.03 Å². The minimum Gasteiger partial charge on any atom is -0.338 e. The van der Waals surface area contributed by atoms with Crippen LogP contribution in [-0.4, -0.2) is 52.8 Å². The lowest BCUT2D eigenvalue weighted by Gasteiger charge is -2.40. The molecule has 3 heterocycles. The van der Waals surface area contributed by atoms with Crippen molar-refractivity contribution in [2.45, 2.75) is 38.6 Å². The van der Waals surface area contributed by atoms with Crippen molar-refractivity contribution in [1.29, 1.82) is 0 Å². The van der Waals surface area contributed by atoms with Crippen molar-refractivity contribution in [2.24, 2.45) is 5.92 Å². The molecule has 0 unspecified atom stereocenters. The smallest absolute Gasteiger partial charge is 0.325 e. The second kappa shape index (κ2) is 7.64. The van der Waals surface area contributed by atoms with Crippen molar-refractivity contribution >= 4 is 40.8 Å². The van der Waals surface area contributed by atoms with E-state index in [-0.39, 0.29) is 30.3 Å². The highest BCUT2D eigenvalue weighted by Crippen LogP contribution is 2.37. The fraction of sp³-hybridized carbons (Fsp3) is 0.526. The first kappa shape index (κ1) is 19.9.